The van der Waals surface area contributed by atoms with Crippen LogP contribution in [-0.2, 0) is 4.74 Å². The maximum absolute atomic E-state index is 5.65. The fourth-order valence-corrected chi connectivity index (χ4v) is 4.17. The summed E-state index contributed by atoms with van der Waals surface area (Å²) in [6.07, 6.45) is 5.34. The molecule has 0 aromatic heterocycles. The van der Waals surface area contributed by atoms with Crippen LogP contribution < -0.4 is 10.6 Å². The molecule has 3 unspecified atom stereocenters. The minimum atomic E-state index is 0.401. The molecule has 1 aliphatic carbocycles. The predicted molar refractivity (Wildman–Crippen MR) is 85.0 cm³/mol. The van der Waals surface area contributed by atoms with Crippen LogP contribution in [0.15, 0.2) is 0 Å². The molecule has 0 aromatic carbocycles. The van der Waals surface area contributed by atoms with Crippen molar-refractivity contribution in [3.8, 4) is 0 Å². The molecule has 118 valence electrons. The van der Waals surface area contributed by atoms with Gasteiger partial charge in [0.15, 0.2) is 0 Å². The second-order valence-electron chi connectivity index (χ2n) is 7.98. The van der Waals surface area contributed by atoms with Gasteiger partial charge in [0, 0.05) is 25.2 Å². The number of ether oxygens (including phenoxy) is 1. The molecule has 3 heteroatoms. The Morgan fingerprint density at radius 3 is 2.75 bits per heavy atom. The molecule has 1 saturated carbocycles. The van der Waals surface area contributed by atoms with Crippen LogP contribution in [0.2, 0.25) is 0 Å². The highest BCUT2D eigenvalue weighted by Gasteiger charge is 2.35. The third kappa shape index (κ3) is 4.71. The topological polar surface area (TPSA) is 33.3 Å². The van der Waals surface area contributed by atoms with Crippen molar-refractivity contribution in [1.82, 2.24) is 10.6 Å². The molecular weight excluding hydrogens is 248 g/mol. The van der Waals surface area contributed by atoms with Crippen molar-refractivity contribution >= 4 is 0 Å². The van der Waals surface area contributed by atoms with Gasteiger partial charge in [0.05, 0.1) is 13.2 Å². The van der Waals surface area contributed by atoms with Crippen molar-refractivity contribution in [3.05, 3.63) is 0 Å². The van der Waals surface area contributed by atoms with Crippen LogP contribution in [0.5, 0.6) is 0 Å². The van der Waals surface area contributed by atoms with E-state index in [2.05, 4.69) is 38.3 Å². The van der Waals surface area contributed by atoms with Gasteiger partial charge in [-0.15, -0.1) is 0 Å². The van der Waals surface area contributed by atoms with Gasteiger partial charge in [-0.25, -0.2) is 0 Å². The van der Waals surface area contributed by atoms with E-state index in [4.69, 9.17) is 4.74 Å². The summed E-state index contributed by atoms with van der Waals surface area (Å²) in [5.74, 6) is 1.53. The third-order valence-corrected chi connectivity index (χ3v) is 4.84. The van der Waals surface area contributed by atoms with Crippen LogP contribution in [0, 0.1) is 17.3 Å². The summed E-state index contributed by atoms with van der Waals surface area (Å²) in [5, 5.41) is 7.53. The van der Waals surface area contributed by atoms with E-state index in [1.165, 1.54) is 25.7 Å². The summed E-state index contributed by atoms with van der Waals surface area (Å²) in [5.41, 5.74) is 0.401. The lowest BCUT2D eigenvalue weighted by Gasteiger charge is -2.35. The maximum atomic E-state index is 5.65. The molecule has 2 fully saturated rings. The Balaban J connectivity index is 1.81. The summed E-state index contributed by atoms with van der Waals surface area (Å²) in [6, 6.07) is 1.25. The van der Waals surface area contributed by atoms with Crippen molar-refractivity contribution in [3.63, 3.8) is 0 Å². The first-order valence-corrected chi connectivity index (χ1v) is 8.52. The van der Waals surface area contributed by atoms with Gasteiger partial charge in [-0.2, -0.15) is 0 Å². The summed E-state index contributed by atoms with van der Waals surface area (Å²) < 4.78 is 5.65. The molecule has 0 aromatic rings. The van der Waals surface area contributed by atoms with Gasteiger partial charge >= 0.3 is 0 Å². The highest BCUT2D eigenvalue weighted by atomic mass is 16.5. The molecule has 0 radical (unpaired) electrons. The zero-order valence-corrected chi connectivity index (χ0v) is 13.9. The third-order valence-electron chi connectivity index (χ3n) is 4.84. The molecule has 2 rings (SSSR count). The highest BCUT2D eigenvalue weighted by molar-refractivity contribution is 4.92. The van der Waals surface area contributed by atoms with E-state index >= 15 is 0 Å². The molecule has 3 nitrogen and oxygen atoms in total. The molecular formula is C17H34N2O. The second-order valence-corrected chi connectivity index (χ2v) is 7.98. The van der Waals surface area contributed by atoms with E-state index < -0.39 is 0 Å². The quantitative estimate of drug-likeness (QED) is 0.786. The summed E-state index contributed by atoms with van der Waals surface area (Å²) in [7, 11) is 0. The molecule has 0 amide bonds. The molecule has 3 atom stereocenters. The van der Waals surface area contributed by atoms with Gasteiger partial charge in [-0.3, -0.25) is 0 Å². The lowest BCUT2D eigenvalue weighted by atomic mass is 9.83. The minimum absolute atomic E-state index is 0.401. The largest absolute Gasteiger partial charge is 0.379 e. The van der Waals surface area contributed by atoms with E-state index in [-0.39, 0.29) is 0 Å². The van der Waals surface area contributed by atoms with Crippen molar-refractivity contribution in [2.45, 2.75) is 65.5 Å². The van der Waals surface area contributed by atoms with Crippen LogP contribution >= 0.6 is 0 Å². The van der Waals surface area contributed by atoms with E-state index in [1.54, 1.807) is 0 Å². The number of rotatable bonds is 6. The summed E-state index contributed by atoms with van der Waals surface area (Å²) in [6.45, 7) is 13.4. The predicted octanol–water partition coefficient (Wildman–Crippen LogP) is 2.81. The minimum Gasteiger partial charge on any atom is -0.379 e. The number of morpholine rings is 1. The summed E-state index contributed by atoms with van der Waals surface area (Å²) >= 11 is 0. The van der Waals surface area contributed by atoms with Crippen LogP contribution in [0.1, 0.15) is 53.4 Å². The maximum Gasteiger partial charge on any atom is 0.0623 e. The Morgan fingerprint density at radius 1 is 1.30 bits per heavy atom. The van der Waals surface area contributed by atoms with Gasteiger partial charge in [-0.1, -0.05) is 34.1 Å². The molecule has 0 bridgehead atoms. The molecule has 0 spiro atoms. The van der Waals surface area contributed by atoms with Crippen LogP contribution in [0.4, 0.5) is 0 Å². The van der Waals surface area contributed by atoms with E-state index in [9.17, 15) is 0 Å². The van der Waals surface area contributed by atoms with E-state index in [0.29, 0.717) is 17.5 Å². The molecule has 20 heavy (non-hydrogen) atoms. The first-order chi connectivity index (χ1) is 9.48. The monoisotopic (exact) mass is 282 g/mol. The zero-order chi connectivity index (χ0) is 14.6. The van der Waals surface area contributed by atoms with Gasteiger partial charge in [-0.05, 0) is 36.5 Å². The van der Waals surface area contributed by atoms with Crippen molar-refractivity contribution in [1.29, 1.82) is 0 Å². The average molecular weight is 282 g/mol. The first-order valence-electron chi connectivity index (χ1n) is 8.52. The zero-order valence-electron chi connectivity index (χ0n) is 13.9. The second kappa shape index (κ2) is 7.24. The first kappa shape index (κ1) is 16.3. The van der Waals surface area contributed by atoms with E-state index in [0.717, 1.165) is 38.1 Å². The number of hydrogen-bond acceptors (Lipinski definition) is 3. The Labute approximate surface area is 125 Å². The Bertz CT molecular complexity index is 285. The summed E-state index contributed by atoms with van der Waals surface area (Å²) in [4.78, 5) is 0. The van der Waals surface area contributed by atoms with Gasteiger partial charge < -0.3 is 15.4 Å². The lowest BCUT2D eigenvalue weighted by molar-refractivity contribution is 0.0516. The van der Waals surface area contributed by atoms with Crippen LogP contribution in [0.25, 0.3) is 0 Å². The molecule has 1 heterocycles. The lowest BCUT2D eigenvalue weighted by Crippen LogP contribution is -2.51. The number of hydrogen-bond donors (Lipinski definition) is 2. The van der Waals surface area contributed by atoms with Crippen molar-refractivity contribution < 1.29 is 4.74 Å². The normalized spacial score (nSPS) is 31.9. The fraction of sp³-hybridized carbons (Fsp3) is 1.00. The fourth-order valence-electron chi connectivity index (χ4n) is 4.17. The Hall–Kier alpha value is -0.120. The average Bonchev–Trinajstić information content (AvgIpc) is 2.84. The van der Waals surface area contributed by atoms with Crippen LogP contribution in [0.3, 0.4) is 0 Å². The number of nitrogens with one attached hydrogen (secondary N) is 2. The standard InChI is InChI=1S/C17H34N2O/c1-13(2)10-17(3,4)12-19-15-7-5-6-14(15)16-11-20-9-8-18-16/h13-16,18-19H,5-12H2,1-4H3. The van der Waals surface area contributed by atoms with Crippen molar-refractivity contribution in [2.75, 3.05) is 26.3 Å². The van der Waals surface area contributed by atoms with Gasteiger partial charge in [0.2, 0.25) is 0 Å². The molecule has 2 aliphatic rings. The van der Waals surface area contributed by atoms with Crippen molar-refractivity contribution in [2.24, 2.45) is 17.3 Å². The molecule has 1 saturated heterocycles. The smallest absolute Gasteiger partial charge is 0.0623 e. The Kier molecular flexibility index (Phi) is 5.88. The van der Waals surface area contributed by atoms with Crippen LogP contribution in [-0.4, -0.2) is 38.4 Å². The van der Waals surface area contributed by atoms with Gasteiger partial charge in [0.1, 0.15) is 0 Å². The van der Waals surface area contributed by atoms with Gasteiger partial charge in [0.25, 0.3) is 0 Å². The van der Waals surface area contributed by atoms with E-state index in [1.807, 2.05) is 0 Å². The molecule has 2 N–H and O–H groups in total. The highest BCUT2D eigenvalue weighted by Crippen LogP contribution is 2.31. The SMILES string of the molecule is CC(C)CC(C)(C)CNC1CCCC1C1COCCN1. The molecule has 1 aliphatic heterocycles. The Morgan fingerprint density at radius 2 is 2.10 bits per heavy atom.